The third kappa shape index (κ3) is 3.25. The summed E-state index contributed by atoms with van der Waals surface area (Å²) in [5.41, 5.74) is 0.312. The van der Waals surface area contributed by atoms with E-state index < -0.39 is 0 Å². The Hall–Kier alpha value is -0.850. The number of fused-ring (bicyclic) bond motifs is 5. The molecule has 6 nitrogen and oxygen atoms in total. The van der Waals surface area contributed by atoms with Gasteiger partial charge in [0.15, 0.2) is 5.96 Å². The Labute approximate surface area is 170 Å². The van der Waals surface area contributed by atoms with E-state index in [0.717, 1.165) is 37.4 Å². The summed E-state index contributed by atoms with van der Waals surface area (Å²) in [6.45, 7) is 5.63. The molecule has 4 saturated heterocycles. The SMILES string of the molecule is CN=C(NCC1(N2CCC(OC)CC2)CCCC1)N1CC2C3CCC(O3)C2C1. The third-order valence-corrected chi connectivity index (χ3v) is 8.52. The number of ether oxygens (including phenoxy) is 2. The van der Waals surface area contributed by atoms with Gasteiger partial charge in [0.1, 0.15) is 0 Å². The van der Waals surface area contributed by atoms with Gasteiger partial charge in [0.25, 0.3) is 0 Å². The molecule has 4 unspecified atom stereocenters. The molecule has 5 aliphatic rings. The standard InChI is InChI=1S/C22H38N4O2/c1-23-21(25-13-17-18(14-25)20-6-5-19(17)28-20)24-15-22(9-3-4-10-22)26-11-7-16(27-2)8-12-26/h16-20H,3-15H2,1-2H3,(H,23,24). The molecule has 5 fully saturated rings. The van der Waals surface area contributed by atoms with Crippen LogP contribution in [0.3, 0.4) is 0 Å². The number of nitrogens with zero attached hydrogens (tertiary/aromatic N) is 3. The number of hydrogen-bond acceptors (Lipinski definition) is 4. The Morgan fingerprint density at radius 2 is 1.71 bits per heavy atom. The van der Waals surface area contributed by atoms with E-state index in [1.807, 2.05) is 14.2 Å². The fourth-order valence-corrected chi connectivity index (χ4v) is 6.91. The molecule has 0 aromatic rings. The maximum Gasteiger partial charge on any atom is 0.193 e. The molecule has 158 valence electrons. The Morgan fingerprint density at radius 1 is 1.07 bits per heavy atom. The monoisotopic (exact) mass is 390 g/mol. The molecular formula is C22H38N4O2. The van der Waals surface area contributed by atoms with Gasteiger partial charge in [-0.25, -0.2) is 0 Å². The lowest BCUT2D eigenvalue weighted by molar-refractivity contribution is -0.00181. The molecule has 1 N–H and O–H groups in total. The van der Waals surface area contributed by atoms with E-state index in [1.165, 1.54) is 64.5 Å². The van der Waals surface area contributed by atoms with Gasteiger partial charge in [-0.1, -0.05) is 12.8 Å². The lowest BCUT2D eigenvalue weighted by Crippen LogP contribution is -2.58. The van der Waals surface area contributed by atoms with Gasteiger partial charge >= 0.3 is 0 Å². The van der Waals surface area contributed by atoms with Crippen molar-refractivity contribution in [2.45, 2.75) is 75.2 Å². The van der Waals surface area contributed by atoms with Crippen LogP contribution in [-0.2, 0) is 9.47 Å². The van der Waals surface area contributed by atoms with Crippen LogP contribution in [0.15, 0.2) is 4.99 Å². The summed E-state index contributed by atoms with van der Waals surface area (Å²) in [5, 5.41) is 3.82. The normalized spacial score (nSPS) is 38.4. The number of likely N-dealkylation sites (tertiary alicyclic amines) is 2. The van der Waals surface area contributed by atoms with Gasteiger partial charge in [-0.2, -0.15) is 0 Å². The number of hydrogen-bond donors (Lipinski definition) is 1. The highest BCUT2D eigenvalue weighted by atomic mass is 16.5. The Balaban J connectivity index is 1.21. The van der Waals surface area contributed by atoms with Crippen LogP contribution in [0.2, 0.25) is 0 Å². The zero-order valence-electron chi connectivity index (χ0n) is 17.7. The highest BCUT2D eigenvalue weighted by molar-refractivity contribution is 5.80. The van der Waals surface area contributed by atoms with Gasteiger partial charge in [0.05, 0.1) is 18.3 Å². The van der Waals surface area contributed by atoms with Crippen molar-refractivity contribution < 1.29 is 9.47 Å². The fraction of sp³-hybridized carbons (Fsp3) is 0.955. The van der Waals surface area contributed by atoms with Crippen molar-refractivity contribution in [3.8, 4) is 0 Å². The fourth-order valence-electron chi connectivity index (χ4n) is 6.91. The summed E-state index contributed by atoms with van der Waals surface area (Å²) in [6, 6.07) is 0. The second-order valence-electron chi connectivity index (χ2n) is 9.78. The second-order valence-corrected chi connectivity index (χ2v) is 9.78. The van der Waals surface area contributed by atoms with Crippen molar-refractivity contribution in [1.29, 1.82) is 0 Å². The van der Waals surface area contributed by atoms with Crippen LogP contribution in [-0.4, -0.2) is 86.5 Å². The van der Waals surface area contributed by atoms with Crippen LogP contribution < -0.4 is 5.32 Å². The lowest BCUT2D eigenvalue weighted by Gasteiger charge is -2.45. The first kappa shape index (κ1) is 19.1. The Bertz CT molecular complexity index is 565. The summed E-state index contributed by atoms with van der Waals surface area (Å²) < 4.78 is 11.8. The van der Waals surface area contributed by atoms with Crippen LogP contribution in [0.5, 0.6) is 0 Å². The van der Waals surface area contributed by atoms with Gasteiger partial charge in [0, 0.05) is 64.3 Å². The van der Waals surface area contributed by atoms with Crippen LogP contribution in [0.4, 0.5) is 0 Å². The van der Waals surface area contributed by atoms with E-state index >= 15 is 0 Å². The highest BCUT2D eigenvalue weighted by Crippen LogP contribution is 2.47. The molecule has 4 heterocycles. The molecule has 4 aliphatic heterocycles. The Morgan fingerprint density at radius 3 is 2.29 bits per heavy atom. The predicted molar refractivity (Wildman–Crippen MR) is 111 cm³/mol. The number of rotatable bonds is 4. The molecule has 0 spiro atoms. The third-order valence-electron chi connectivity index (χ3n) is 8.52. The molecule has 1 aliphatic carbocycles. The van der Waals surface area contributed by atoms with Gasteiger partial charge in [-0.15, -0.1) is 0 Å². The van der Waals surface area contributed by atoms with Gasteiger partial charge in [-0.05, 0) is 38.5 Å². The summed E-state index contributed by atoms with van der Waals surface area (Å²) >= 11 is 0. The molecule has 0 radical (unpaired) electrons. The molecule has 0 aromatic heterocycles. The summed E-state index contributed by atoms with van der Waals surface area (Å²) in [7, 11) is 3.81. The number of nitrogens with one attached hydrogen (secondary N) is 1. The van der Waals surface area contributed by atoms with Crippen LogP contribution in [0.25, 0.3) is 0 Å². The van der Waals surface area contributed by atoms with Crippen molar-refractivity contribution in [2.75, 3.05) is 46.9 Å². The molecule has 2 bridgehead atoms. The van der Waals surface area contributed by atoms with Crippen molar-refractivity contribution in [1.82, 2.24) is 15.1 Å². The van der Waals surface area contributed by atoms with E-state index in [9.17, 15) is 0 Å². The van der Waals surface area contributed by atoms with Crippen molar-refractivity contribution in [2.24, 2.45) is 16.8 Å². The van der Waals surface area contributed by atoms with Gasteiger partial charge < -0.3 is 19.7 Å². The first-order valence-corrected chi connectivity index (χ1v) is 11.6. The molecule has 28 heavy (non-hydrogen) atoms. The number of guanidine groups is 1. The van der Waals surface area contributed by atoms with Crippen LogP contribution in [0, 0.1) is 11.8 Å². The molecule has 0 amide bonds. The zero-order chi connectivity index (χ0) is 19.1. The molecule has 4 atom stereocenters. The average Bonchev–Trinajstić information content (AvgIpc) is 3.50. The summed E-state index contributed by atoms with van der Waals surface area (Å²) in [5.74, 6) is 2.57. The van der Waals surface area contributed by atoms with Gasteiger partial charge in [0.2, 0.25) is 0 Å². The quantitative estimate of drug-likeness (QED) is 0.588. The van der Waals surface area contributed by atoms with E-state index in [-0.39, 0.29) is 0 Å². The lowest BCUT2D eigenvalue weighted by atomic mass is 9.82. The highest BCUT2D eigenvalue weighted by Gasteiger charge is 2.53. The van der Waals surface area contributed by atoms with E-state index in [1.54, 1.807) is 0 Å². The summed E-state index contributed by atoms with van der Waals surface area (Å²) in [6.07, 6.45) is 11.7. The molecule has 0 aromatic carbocycles. The summed E-state index contributed by atoms with van der Waals surface area (Å²) in [4.78, 5) is 9.97. The number of aliphatic imine (C=N–C) groups is 1. The van der Waals surface area contributed by atoms with E-state index in [0.29, 0.717) is 23.9 Å². The number of methoxy groups -OCH3 is 1. The van der Waals surface area contributed by atoms with Crippen molar-refractivity contribution in [3.05, 3.63) is 0 Å². The molecular weight excluding hydrogens is 352 g/mol. The van der Waals surface area contributed by atoms with Crippen LogP contribution >= 0.6 is 0 Å². The molecule has 1 saturated carbocycles. The van der Waals surface area contributed by atoms with E-state index in [2.05, 4.69) is 20.1 Å². The first-order valence-electron chi connectivity index (χ1n) is 11.6. The van der Waals surface area contributed by atoms with Crippen molar-refractivity contribution >= 4 is 5.96 Å². The predicted octanol–water partition coefficient (Wildman–Crippen LogP) is 2.09. The van der Waals surface area contributed by atoms with Crippen LogP contribution in [0.1, 0.15) is 51.4 Å². The maximum absolute atomic E-state index is 6.15. The smallest absolute Gasteiger partial charge is 0.193 e. The second kappa shape index (κ2) is 7.77. The number of piperidine rings is 1. The van der Waals surface area contributed by atoms with Gasteiger partial charge in [-0.3, -0.25) is 9.89 Å². The van der Waals surface area contributed by atoms with Crippen molar-refractivity contribution in [3.63, 3.8) is 0 Å². The Kier molecular flexibility index (Phi) is 5.31. The largest absolute Gasteiger partial charge is 0.381 e. The molecule has 5 rings (SSSR count). The maximum atomic E-state index is 6.15. The average molecular weight is 391 g/mol. The minimum absolute atomic E-state index is 0.312. The van der Waals surface area contributed by atoms with E-state index in [4.69, 9.17) is 9.47 Å². The minimum Gasteiger partial charge on any atom is -0.381 e. The molecule has 6 heteroatoms. The minimum atomic E-state index is 0.312. The first-order chi connectivity index (χ1) is 13.7. The zero-order valence-corrected chi connectivity index (χ0v) is 17.7. The topological polar surface area (TPSA) is 49.3 Å².